The molecule has 0 bridgehead atoms. The van der Waals surface area contributed by atoms with Gasteiger partial charge in [-0.25, -0.2) is 12.4 Å². The van der Waals surface area contributed by atoms with E-state index in [1.807, 2.05) is 25.1 Å². The van der Waals surface area contributed by atoms with Crippen LogP contribution < -0.4 is 0 Å². The summed E-state index contributed by atoms with van der Waals surface area (Å²) < 4.78 is 32.6. The van der Waals surface area contributed by atoms with Crippen LogP contribution in [0.5, 0.6) is 0 Å². The van der Waals surface area contributed by atoms with Crippen molar-refractivity contribution < 1.29 is 17.9 Å². The number of carbonyl (C=O) groups excluding carboxylic acids is 1. The average Bonchev–Trinajstić information content (AvgIpc) is 3.32. The van der Waals surface area contributed by atoms with Gasteiger partial charge in [-0.3, -0.25) is 4.79 Å². The molecule has 0 N–H and O–H groups in total. The number of benzene rings is 2. The molecular formula is C21H21NO4S. The van der Waals surface area contributed by atoms with E-state index in [-0.39, 0.29) is 22.7 Å². The quantitative estimate of drug-likeness (QED) is 0.628. The Morgan fingerprint density at radius 3 is 2.59 bits per heavy atom. The molecule has 27 heavy (non-hydrogen) atoms. The molecule has 0 spiro atoms. The van der Waals surface area contributed by atoms with Gasteiger partial charge in [-0.05, 0) is 56.0 Å². The fourth-order valence-electron chi connectivity index (χ4n) is 3.57. The monoisotopic (exact) mass is 383 g/mol. The molecule has 0 amide bonds. The summed E-state index contributed by atoms with van der Waals surface area (Å²) in [7, 11) is -3.67. The summed E-state index contributed by atoms with van der Waals surface area (Å²) in [5.41, 5.74) is 2.64. The first kappa shape index (κ1) is 17.8. The number of hydrogen-bond donors (Lipinski definition) is 0. The molecule has 1 aromatic heterocycles. The van der Waals surface area contributed by atoms with E-state index in [1.54, 1.807) is 43.5 Å². The number of rotatable bonds is 5. The van der Waals surface area contributed by atoms with Crippen LogP contribution in [0.4, 0.5) is 0 Å². The smallest absolute Gasteiger partial charge is 0.309 e. The Morgan fingerprint density at radius 2 is 1.89 bits per heavy atom. The molecule has 0 radical (unpaired) electrons. The van der Waals surface area contributed by atoms with Gasteiger partial charge in [0.05, 0.1) is 22.9 Å². The minimum absolute atomic E-state index is 0.0886. The first-order valence-electron chi connectivity index (χ1n) is 9.02. The van der Waals surface area contributed by atoms with Crippen molar-refractivity contribution in [2.24, 2.45) is 5.92 Å². The molecule has 1 aliphatic carbocycles. The van der Waals surface area contributed by atoms with E-state index in [1.165, 1.54) is 3.97 Å². The van der Waals surface area contributed by atoms with Gasteiger partial charge in [0.25, 0.3) is 10.0 Å². The molecule has 2 aromatic carbocycles. The highest BCUT2D eigenvalue weighted by molar-refractivity contribution is 7.90. The largest absolute Gasteiger partial charge is 0.466 e. The predicted octanol–water partition coefficient (Wildman–Crippen LogP) is 3.85. The number of ether oxygens (including phenoxy) is 1. The van der Waals surface area contributed by atoms with Gasteiger partial charge in [0, 0.05) is 11.6 Å². The molecule has 1 saturated carbocycles. The average molecular weight is 383 g/mol. The van der Waals surface area contributed by atoms with Crippen LogP contribution in [-0.4, -0.2) is 25.0 Å². The van der Waals surface area contributed by atoms with E-state index in [9.17, 15) is 13.2 Å². The van der Waals surface area contributed by atoms with Crippen LogP contribution in [0.3, 0.4) is 0 Å². The lowest BCUT2D eigenvalue weighted by atomic mass is 10.0. The number of hydrogen-bond acceptors (Lipinski definition) is 4. The summed E-state index contributed by atoms with van der Waals surface area (Å²) in [4.78, 5) is 12.2. The Hall–Kier alpha value is -2.60. The molecule has 1 heterocycles. The van der Waals surface area contributed by atoms with E-state index in [4.69, 9.17) is 4.74 Å². The summed E-state index contributed by atoms with van der Waals surface area (Å²) in [6.07, 6.45) is 2.33. The normalized spacial score (nSPS) is 19.2. The van der Waals surface area contributed by atoms with Crippen molar-refractivity contribution in [3.8, 4) is 0 Å². The molecule has 1 aliphatic rings. The van der Waals surface area contributed by atoms with E-state index < -0.39 is 10.0 Å². The number of esters is 1. The maximum Gasteiger partial charge on any atom is 0.309 e. The van der Waals surface area contributed by atoms with E-state index in [0.29, 0.717) is 12.1 Å². The van der Waals surface area contributed by atoms with Crippen molar-refractivity contribution in [3.05, 3.63) is 65.9 Å². The van der Waals surface area contributed by atoms with Crippen LogP contribution in [0.25, 0.3) is 10.9 Å². The molecule has 5 nitrogen and oxygen atoms in total. The molecule has 1 fully saturated rings. The lowest BCUT2D eigenvalue weighted by Crippen LogP contribution is -2.11. The first-order chi connectivity index (χ1) is 12.9. The molecule has 2 atom stereocenters. The van der Waals surface area contributed by atoms with Crippen LogP contribution in [0.1, 0.15) is 30.4 Å². The number of fused-ring (bicyclic) bond motifs is 1. The summed E-state index contributed by atoms with van der Waals surface area (Å²) in [5.74, 6) is -0.218. The Kier molecular flexibility index (Phi) is 4.30. The van der Waals surface area contributed by atoms with Gasteiger partial charge in [0.2, 0.25) is 0 Å². The number of nitrogens with zero attached hydrogens (tertiary/aromatic N) is 1. The van der Waals surface area contributed by atoms with Crippen molar-refractivity contribution >= 4 is 26.9 Å². The molecule has 4 rings (SSSR count). The maximum absolute atomic E-state index is 13.1. The maximum atomic E-state index is 13.1. The molecule has 3 aromatic rings. The van der Waals surface area contributed by atoms with Gasteiger partial charge in [-0.2, -0.15) is 0 Å². The van der Waals surface area contributed by atoms with Crippen LogP contribution in [0, 0.1) is 12.8 Å². The molecule has 140 valence electrons. The zero-order valence-electron chi connectivity index (χ0n) is 15.3. The van der Waals surface area contributed by atoms with Gasteiger partial charge in [-0.1, -0.05) is 29.8 Å². The van der Waals surface area contributed by atoms with Crippen LogP contribution in [-0.2, 0) is 19.6 Å². The second kappa shape index (κ2) is 6.53. The van der Waals surface area contributed by atoms with Crippen LogP contribution in [0.2, 0.25) is 0 Å². The van der Waals surface area contributed by atoms with E-state index >= 15 is 0 Å². The predicted molar refractivity (Wildman–Crippen MR) is 103 cm³/mol. The molecule has 0 saturated heterocycles. The van der Waals surface area contributed by atoms with E-state index in [0.717, 1.165) is 22.9 Å². The highest BCUT2D eigenvalue weighted by Crippen LogP contribution is 2.50. The third-order valence-corrected chi connectivity index (χ3v) is 6.79. The molecule has 6 heteroatoms. The number of aryl methyl sites for hydroxylation is 1. The first-order valence-corrected chi connectivity index (χ1v) is 10.5. The Balaban J connectivity index is 1.73. The third-order valence-electron chi connectivity index (χ3n) is 5.09. The summed E-state index contributed by atoms with van der Waals surface area (Å²) in [5, 5.41) is 0.866. The van der Waals surface area contributed by atoms with Crippen molar-refractivity contribution in [2.45, 2.75) is 31.1 Å². The van der Waals surface area contributed by atoms with Gasteiger partial charge in [0.15, 0.2) is 0 Å². The summed E-state index contributed by atoms with van der Waals surface area (Å²) in [6, 6.07) is 14.3. The third kappa shape index (κ3) is 3.04. The fourth-order valence-corrected chi connectivity index (χ4v) is 4.92. The van der Waals surface area contributed by atoms with Crippen molar-refractivity contribution in [1.29, 1.82) is 0 Å². The van der Waals surface area contributed by atoms with Gasteiger partial charge < -0.3 is 4.74 Å². The Labute approximate surface area is 158 Å². The Morgan fingerprint density at radius 1 is 1.15 bits per heavy atom. The standard InChI is InChI=1S/C21H21NO4S/c1-3-26-21(23)19-13-18(19)16-5-4-6-20-17(16)11-12-22(20)27(24,25)15-9-7-14(2)8-10-15/h4-12,18-19H,3,13H2,1-2H3. The van der Waals surface area contributed by atoms with Gasteiger partial charge in [0.1, 0.15) is 0 Å². The van der Waals surface area contributed by atoms with Gasteiger partial charge >= 0.3 is 5.97 Å². The number of carbonyl (C=O) groups is 1. The highest BCUT2D eigenvalue weighted by Gasteiger charge is 2.46. The van der Waals surface area contributed by atoms with Crippen molar-refractivity contribution in [2.75, 3.05) is 6.61 Å². The van der Waals surface area contributed by atoms with Crippen molar-refractivity contribution in [3.63, 3.8) is 0 Å². The van der Waals surface area contributed by atoms with E-state index in [2.05, 4.69) is 0 Å². The zero-order valence-corrected chi connectivity index (χ0v) is 16.1. The fraction of sp³-hybridized carbons (Fsp3) is 0.286. The number of aromatic nitrogens is 1. The zero-order chi connectivity index (χ0) is 19.2. The van der Waals surface area contributed by atoms with Crippen LogP contribution in [0.15, 0.2) is 59.6 Å². The topological polar surface area (TPSA) is 65.4 Å². The Bertz CT molecular complexity index is 1110. The lowest BCUT2D eigenvalue weighted by molar-refractivity contribution is -0.144. The molecule has 2 unspecified atom stereocenters. The minimum atomic E-state index is -3.67. The second-order valence-electron chi connectivity index (χ2n) is 6.91. The minimum Gasteiger partial charge on any atom is -0.466 e. The SMILES string of the molecule is CCOC(=O)C1CC1c1cccc2c1ccn2S(=O)(=O)c1ccc(C)cc1. The highest BCUT2D eigenvalue weighted by atomic mass is 32.2. The van der Waals surface area contributed by atoms with Gasteiger partial charge in [-0.15, -0.1) is 0 Å². The molecule has 0 aliphatic heterocycles. The summed E-state index contributed by atoms with van der Waals surface area (Å²) >= 11 is 0. The van der Waals surface area contributed by atoms with Crippen molar-refractivity contribution in [1.82, 2.24) is 3.97 Å². The second-order valence-corrected chi connectivity index (χ2v) is 8.73. The van der Waals surface area contributed by atoms with Crippen LogP contribution >= 0.6 is 0 Å². The summed E-state index contributed by atoms with van der Waals surface area (Å²) in [6.45, 7) is 4.09. The molecular weight excluding hydrogens is 362 g/mol. The lowest BCUT2D eigenvalue weighted by Gasteiger charge is -2.09.